The van der Waals surface area contributed by atoms with Crippen LogP contribution in [-0.4, -0.2) is 35.6 Å². The first-order valence-electron chi connectivity index (χ1n) is 6.77. The molecule has 108 valence electrons. The van der Waals surface area contributed by atoms with Gasteiger partial charge in [-0.05, 0) is 26.7 Å². The zero-order valence-corrected chi connectivity index (χ0v) is 13.0. The molecule has 0 spiro atoms. The number of hydrogen-bond acceptors (Lipinski definition) is 5. The van der Waals surface area contributed by atoms with Crippen molar-refractivity contribution in [3.63, 3.8) is 0 Å². The Morgan fingerprint density at radius 2 is 2.00 bits per heavy atom. The highest BCUT2D eigenvalue weighted by Crippen LogP contribution is 2.16. The molecule has 0 radical (unpaired) electrons. The fraction of sp³-hybridized carbons (Fsp3) is 0.714. The molecule has 1 aromatic heterocycles. The maximum absolute atomic E-state index is 6.05. The van der Waals surface area contributed by atoms with Crippen LogP contribution in [0, 0.1) is 12.8 Å². The fourth-order valence-electron chi connectivity index (χ4n) is 1.84. The summed E-state index contributed by atoms with van der Waals surface area (Å²) in [7, 11) is 2.00. The zero-order valence-electron chi connectivity index (χ0n) is 13.0. The number of nitrogens with two attached hydrogens (primary N) is 1. The second-order valence-corrected chi connectivity index (χ2v) is 6.28. The van der Waals surface area contributed by atoms with Crippen molar-refractivity contribution in [2.24, 2.45) is 11.7 Å². The predicted molar refractivity (Wildman–Crippen MR) is 81.6 cm³/mol. The zero-order chi connectivity index (χ0) is 14.6. The van der Waals surface area contributed by atoms with Crippen LogP contribution in [-0.2, 0) is 0 Å². The van der Waals surface area contributed by atoms with Gasteiger partial charge in [-0.15, -0.1) is 0 Å². The Kier molecular flexibility index (Phi) is 5.11. The van der Waals surface area contributed by atoms with Crippen LogP contribution in [0.4, 0.5) is 11.6 Å². The van der Waals surface area contributed by atoms with Gasteiger partial charge in [-0.3, -0.25) is 0 Å². The van der Waals surface area contributed by atoms with E-state index in [9.17, 15) is 0 Å². The summed E-state index contributed by atoms with van der Waals surface area (Å²) in [6.45, 7) is 11.9. The fourth-order valence-corrected chi connectivity index (χ4v) is 1.84. The van der Waals surface area contributed by atoms with E-state index >= 15 is 0 Å². The molecule has 0 aliphatic rings. The second kappa shape index (κ2) is 6.19. The Labute approximate surface area is 116 Å². The van der Waals surface area contributed by atoms with Crippen molar-refractivity contribution in [2.75, 3.05) is 30.4 Å². The molecule has 5 heteroatoms. The highest BCUT2D eigenvalue weighted by atomic mass is 15.2. The number of rotatable bonds is 6. The van der Waals surface area contributed by atoms with Crippen LogP contribution in [0.3, 0.4) is 0 Å². The van der Waals surface area contributed by atoms with Crippen molar-refractivity contribution < 1.29 is 0 Å². The summed E-state index contributed by atoms with van der Waals surface area (Å²) in [5, 5.41) is 3.33. The molecule has 0 saturated carbocycles. The first kappa shape index (κ1) is 15.7. The van der Waals surface area contributed by atoms with E-state index in [2.05, 4.69) is 34.0 Å². The van der Waals surface area contributed by atoms with E-state index in [-0.39, 0.29) is 5.54 Å². The molecule has 5 nitrogen and oxygen atoms in total. The minimum atomic E-state index is -0.251. The summed E-state index contributed by atoms with van der Waals surface area (Å²) in [5.41, 5.74) is 5.80. The standard InChI is InChI=1S/C14H27N5/c1-10(2)8-16-12-7-13(18-11(3)17-12)19(6)9-14(4,5)15/h7,10H,8-9,15H2,1-6H3,(H,16,17,18). The number of likely N-dealkylation sites (N-methyl/N-ethyl adjacent to an activating group) is 1. The van der Waals surface area contributed by atoms with Crippen LogP contribution < -0.4 is 16.0 Å². The van der Waals surface area contributed by atoms with E-state index in [0.717, 1.165) is 30.5 Å². The lowest BCUT2D eigenvalue weighted by Crippen LogP contribution is -2.44. The van der Waals surface area contributed by atoms with Crippen LogP contribution in [0.25, 0.3) is 0 Å². The minimum Gasteiger partial charge on any atom is -0.370 e. The lowest BCUT2D eigenvalue weighted by molar-refractivity contribution is 0.517. The molecule has 0 aliphatic heterocycles. The van der Waals surface area contributed by atoms with E-state index in [1.165, 1.54) is 0 Å². The summed E-state index contributed by atoms with van der Waals surface area (Å²) in [6, 6.07) is 1.97. The average Bonchev–Trinajstić information content (AvgIpc) is 2.23. The summed E-state index contributed by atoms with van der Waals surface area (Å²) in [4.78, 5) is 10.9. The largest absolute Gasteiger partial charge is 0.370 e. The maximum Gasteiger partial charge on any atom is 0.134 e. The molecule has 1 heterocycles. The predicted octanol–water partition coefficient (Wildman–Crippen LogP) is 2.03. The lowest BCUT2D eigenvalue weighted by atomic mass is 10.1. The molecule has 1 rings (SSSR count). The van der Waals surface area contributed by atoms with Gasteiger partial charge in [0.1, 0.15) is 17.5 Å². The Bertz CT molecular complexity index is 409. The molecule has 19 heavy (non-hydrogen) atoms. The third-order valence-corrected chi connectivity index (χ3v) is 2.55. The third kappa shape index (κ3) is 5.87. The smallest absolute Gasteiger partial charge is 0.134 e. The molecule has 0 atom stereocenters. The molecule has 0 bridgehead atoms. The topological polar surface area (TPSA) is 67.1 Å². The van der Waals surface area contributed by atoms with Crippen LogP contribution >= 0.6 is 0 Å². The van der Waals surface area contributed by atoms with Crippen molar-refractivity contribution >= 4 is 11.6 Å². The van der Waals surface area contributed by atoms with Gasteiger partial charge in [0.2, 0.25) is 0 Å². The van der Waals surface area contributed by atoms with Crippen molar-refractivity contribution in [1.82, 2.24) is 9.97 Å². The number of aromatic nitrogens is 2. The van der Waals surface area contributed by atoms with Crippen LogP contribution in [0.2, 0.25) is 0 Å². The van der Waals surface area contributed by atoms with E-state index in [4.69, 9.17) is 5.73 Å². The molecular formula is C14H27N5. The van der Waals surface area contributed by atoms with Crippen molar-refractivity contribution in [2.45, 2.75) is 40.2 Å². The molecule has 0 aromatic carbocycles. The molecule has 0 aliphatic carbocycles. The first-order valence-corrected chi connectivity index (χ1v) is 6.77. The summed E-state index contributed by atoms with van der Waals surface area (Å²) >= 11 is 0. The Balaban J connectivity index is 2.83. The number of hydrogen-bond donors (Lipinski definition) is 2. The molecule has 0 unspecified atom stereocenters. The van der Waals surface area contributed by atoms with Gasteiger partial charge in [0.05, 0.1) is 0 Å². The van der Waals surface area contributed by atoms with Gasteiger partial charge in [-0.25, -0.2) is 9.97 Å². The minimum absolute atomic E-state index is 0.251. The quantitative estimate of drug-likeness (QED) is 0.824. The van der Waals surface area contributed by atoms with Crippen molar-refractivity contribution in [3.05, 3.63) is 11.9 Å². The van der Waals surface area contributed by atoms with E-state index in [1.807, 2.05) is 33.9 Å². The van der Waals surface area contributed by atoms with Gasteiger partial charge in [0.15, 0.2) is 0 Å². The van der Waals surface area contributed by atoms with Gasteiger partial charge in [-0.2, -0.15) is 0 Å². The van der Waals surface area contributed by atoms with Gasteiger partial charge in [0.25, 0.3) is 0 Å². The molecule has 3 N–H and O–H groups in total. The Hall–Kier alpha value is -1.36. The summed E-state index contributed by atoms with van der Waals surface area (Å²) < 4.78 is 0. The van der Waals surface area contributed by atoms with Crippen molar-refractivity contribution in [3.8, 4) is 0 Å². The van der Waals surface area contributed by atoms with Crippen LogP contribution in [0.5, 0.6) is 0 Å². The lowest BCUT2D eigenvalue weighted by Gasteiger charge is -2.27. The molecule has 0 fully saturated rings. The SMILES string of the molecule is Cc1nc(NCC(C)C)cc(N(C)CC(C)(C)N)n1. The first-order chi connectivity index (χ1) is 8.67. The molecular weight excluding hydrogens is 238 g/mol. The number of nitrogens with zero attached hydrogens (tertiary/aromatic N) is 3. The third-order valence-electron chi connectivity index (χ3n) is 2.55. The van der Waals surface area contributed by atoms with Crippen molar-refractivity contribution in [1.29, 1.82) is 0 Å². The van der Waals surface area contributed by atoms with E-state index < -0.39 is 0 Å². The van der Waals surface area contributed by atoms with Crippen LogP contribution in [0.1, 0.15) is 33.5 Å². The average molecular weight is 265 g/mol. The molecule has 0 saturated heterocycles. The Morgan fingerprint density at radius 3 is 2.53 bits per heavy atom. The number of nitrogens with one attached hydrogen (secondary N) is 1. The highest BCUT2D eigenvalue weighted by molar-refractivity contribution is 5.49. The van der Waals surface area contributed by atoms with Crippen LogP contribution in [0.15, 0.2) is 6.07 Å². The monoisotopic (exact) mass is 265 g/mol. The second-order valence-electron chi connectivity index (χ2n) is 6.28. The summed E-state index contributed by atoms with van der Waals surface area (Å²) in [5.74, 6) is 3.13. The van der Waals surface area contributed by atoms with Gasteiger partial charge in [-0.1, -0.05) is 13.8 Å². The van der Waals surface area contributed by atoms with Gasteiger partial charge < -0.3 is 16.0 Å². The van der Waals surface area contributed by atoms with Gasteiger partial charge in [0, 0.05) is 31.7 Å². The van der Waals surface area contributed by atoms with E-state index in [1.54, 1.807) is 0 Å². The maximum atomic E-state index is 6.05. The number of anilines is 2. The number of aryl methyl sites for hydroxylation is 1. The van der Waals surface area contributed by atoms with E-state index in [0.29, 0.717) is 5.92 Å². The summed E-state index contributed by atoms with van der Waals surface area (Å²) in [6.07, 6.45) is 0. The highest BCUT2D eigenvalue weighted by Gasteiger charge is 2.16. The van der Waals surface area contributed by atoms with Gasteiger partial charge >= 0.3 is 0 Å². The Morgan fingerprint density at radius 1 is 1.37 bits per heavy atom. The normalized spacial score (nSPS) is 11.8. The molecule has 0 amide bonds. The molecule has 1 aromatic rings.